The van der Waals surface area contributed by atoms with E-state index in [4.69, 9.17) is 18.9 Å². The second-order valence-corrected chi connectivity index (χ2v) is 6.86. The Labute approximate surface area is 173 Å². The summed E-state index contributed by atoms with van der Waals surface area (Å²) in [5.41, 5.74) is 1.67. The van der Waals surface area contributed by atoms with Crippen LogP contribution in [0.5, 0.6) is 23.0 Å². The molecular formula is C21H24BrNO5. The SMILES string of the molecule is COc1ccc(Br)cc1CN(C)C(=O)/C=C/c1cc(OC)c(OC)c(OC)c1. The van der Waals surface area contributed by atoms with Crippen LogP contribution in [0.1, 0.15) is 11.1 Å². The number of nitrogens with zero attached hydrogens (tertiary/aromatic N) is 1. The minimum atomic E-state index is -0.143. The van der Waals surface area contributed by atoms with Crippen LogP contribution >= 0.6 is 15.9 Å². The summed E-state index contributed by atoms with van der Waals surface area (Å²) in [7, 11) is 8.00. The first kappa shape index (κ1) is 21.6. The molecule has 0 fully saturated rings. The highest BCUT2D eigenvalue weighted by molar-refractivity contribution is 9.10. The maximum atomic E-state index is 12.5. The second kappa shape index (κ2) is 10.0. The summed E-state index contributed by atoms with van der Waals surface area (Å²) < 4.78 is 22.3. The van der Waals surface area contributed by atoms with E-state index < -0.39 is 0 Å². The highest BCUT2D eigenvalue weighted by Gasteiger charge is 2.13. The van der Waals surface area contributed by atoms with E-state index in [9.17, 15) is 4.79 Å². The lowest BCUT2D eigenvalue weighted by molar-refractivity contribution is -0.125. The third kappa shape index (κ3) is 5.19. The average molecular weight is 450 g/mol. The van der Waals surface area contributed by atoms with Gasteiger partial charge in [-0.3, -0.25) is 4.79 Å². The molecule has 7 heteroatoms. The number of ether oxygens (including phenoxy) is 4. The van der Waals surface area contributed by atoms with Crippen LogP contribution in [0.4, 0.5) is 0 Å². The van der Waals surface area contributed by atoms with Gasteiger partial charge in [0.2, 0.25) is 11.7 Å². The maximum Gasteiger partial charge on any atom is 0.246 e. The van der Waals surface area contributed by atoms with Gasteiger partial charge in [0.25, 0.3) is 0 Å². The van der Waals surface area contributed by atoms with Crippen LogP contribution in [0.3, 0.4) is 0 Å². The van der Waals surface area contributed by atoms with Gasteiger partial charge >= 0.3 is 0 Å². The molecule has 0 bridgehead atoms. The fourth-order valence-corrected chi connectivity index (χ4v) is 3.10. The van der Waals surface area contributed by atoms with Crippen LogP contribution in [0, 0.1) is 0 Å². The summed E-state index contributed by atoms with van der Waals surface area (Å²) in [6, 6.07) is 9.26. The van der Waals surface area contributed by atoms with Gasteiger partial charge in [-0.15, -0.1) is 0 Å². The number of rotatable bonds is 8. The van der Waals surface area contributed by atoms with Crippen LogP contribution < -0.4 is 18.9 Å². The number of likely N-dealkylation sites (N-methyl/N-ethyl adjacent to an activating group) is 1. The van der Waals surface area contributed by atoms with Crippen molar-refractivity contribution in [1.82, 2.24) is 4.90 Å². The smallest absolute Gasteiger partial charge is 0.246 e. The molecule has 150 valence electrons. The molecule has 28 heavy (non-hydrogen) atoms. The topological polar surface area (TPSA) is 57.2 Å². The van der Waals surface area contributed by atoms with Crippen molar-refractivity contribution in [3.05, 3.63) is 52.0 Å². The molecular weight excluding hydrogens is 426 g/mol. The Bertz CT molecular complexity index is 841. The van der Waals surface area contributed by atoms with Crippen molar-refractivity contribution in [3.63, 3.8) is 0 Å². The predicted octanol–water partition coefficient (Wildman–Crippen LogP) is 4.16. The molecule has 0 aromatic heterocycles. The summed E-state index contributed by atoms with van der Waals surface area (Å²) in [5.74, 6) is 2.15. The van der Waals surface area contributed by atoms with Crippen LogP contribution in [0.25, 0.3) is 6.08 Å². The number of benzene rings is 2. The van der Waals surface area contributed by atoms with Crippen molar-refractivity contribution >= 4 is 27.9 Å². The van der Waals surface area contributed by atoms with Crippen molar-refractivity contribution < 1.29 is 23.7 Å². The Kier molecular flexibility index (Phi) is 7.75. The summed E-state index contributed by atoms with van der Waals surface area (Å²) in [6.07, 6.45) is 3.21. The number of hydrogen-bond acceptors (Lipinski definition) is 5. The lowest BCUT2D eigenvalue weighted by Gasteiger charge is -2.17. The Hall–Kier alpha value is -2.67. The van der Waals surface area contributed by atoms with Crippen molar-refractivity contribution in [2.24, 2.45) is 0 Å². The normalized spacial score (nSPS) is 10.6. The molecule has 0 aliphatic rings. The van der Waals surface area contributed by atoms with Gasteiger partial charge in [0.1, 0.15) is 5.75 Å². The van der Waals surface area contributed by atoms with Gasteiger partial charge in [-0.2, -0.15) is 0 Å². The number of carbonyl (C=O) groups is 1. The largest absolute Gasteiger partial charge is 0.496 e. The zero-order valence-electron chi connectivity index (χ0n) is 16.6. The van der Waals surface area contributed by atoms with Gasteiger partial charge in [0.15, 0.2) is 11.5 Å². The molecule has 0 saturated carbocycles. The average Bonchev–Trinajstić information content (AvgIpc) is 2.71. The van der Waals surface area contributed by atoms with Gasteiger partial charge in [-0.1, -0.05) is 15.9 Å². The molecule has 0 N–H and O–H groups in total. The van der Waals surface area contributed by atoms with E-state index in [2.05, 4.69) is 15.9 Å². The second-order valence-electron chi connectivity index (χ2n) is 5.94. The van der Waals surface area contributed by atoms with Gasteiger partial charge in [0, 0.05) is 29.7 Å². The highest BCUT2D eigenvalue weighted by Crippen LogP contribution is 2.38. The van der Waals surface area contributed by atoms with Crippen LogP contribution in [-0.2, 0) is 11.3 Å². The first-order valence-electron chi connectivity index (χ1n) is 8.49. The fourth-order valence-electron chi connectivity index (χ4n) is 2.70. The fraction of sp³-hybridized carbons (Fsp3) is 0.286. The molecule has 6 nitrogen and oxygen atoms in total. The van der Waals surface area contributed by atoms with Gasteiger partial charge in [0.05, 0.1) is 28.4 Å². The van der Waals surface area contributed by atoms with Gasteiger partial charge < -0.3 is 23.8 Å². The zero-order valence-corrected chi connectivity index (χ0v) is 18.2. The number of halogens is 1. The minimum absolute atomic E-state index is 0.143. The summed E-state index contributed by atoms with van der Waals surface area (Å²) in [5, 5.41) is 0. The first-order chi connectivity index (χ1) is 13.4. The van der Waals surface area contributed by atoms with Gasteiger partial charge in [-0.25, -0.2) is 0 Å². The first-order valence-corrected chi connectivity index (χ1v) is 9.28. The minimum Gasteiger partial charge on any atom is -0.496 e. The van der Waals surface area contributed by atoms with Crippen LogP contribution in [-0.4, -0.2) is 46.3 Å². The van der Waals surface area contributed by atoms with E-state index in [-0.39, 0.29) is 5.91 Å². The monoisotopic (exact) mass is 449 g/mol. The number of amides is 1. The molecule has 0 saturated heterocycles. The van der Waals surface area contributed by atoms with E-state index in [1.807, 2.05) is 18.2 Å². The molecule has 0 heterocycles. The molecule has 0 unspecified atom stereocenters. The lowest BCUT2D eigenvalue weighted by Crippen LogP contribution is -2.24. The molecule has 2 rings (SSSR count). The third-order valence-corrected chi connectivity index (χ3v) is 4.62. The molecule has 0 aliphatic heterocycles. The Morgan fingerprint density at radius 2 is 1.57 bits per heavy atom. The summed E-state index contributed by atoms with van der Waals surface area (Å²) in [4.78, 5) is 14.1. The molecule has 2 aromatic carbocycles. The lowest BCUT2D eigenvalue weighted by atomic mass is 10.1. The van der Waals surface area contributed by atoms with E-state index in [0.29, 0.717) is 23.8 Å². The number of methoxy groups -OCH3 is 4. The van der Waals surface area contributed by atoms with Crippen LogP contribution in [0.2, 0.25) is 0 Å². The van der Waals surface area contributed by atoms with Crippen molar-refractivity contribution in [1.29, 1.82) is 0 Å². The molecule has 0 radical (unpaired) electrons. The van der Waals surface area contributed by atoms with Crippen molar-refractivity contribution in [2.45, 2.75) is 6.54 Å². The quantitative estimate of drug-likeness (QED) is 0.566. The Morgan fingerprint density at radius 1 is 0.964 bits per heavy atom. The van der Waals surface area contributed by atoms with Gasteiger partial charge in [-0.05, 0) is 42.0 Å². The van der Waals surface area contributed by atoms with E-state index in [1.54, 1.807) is 58.6 Å². The molecule has 0 spiro atoms. The standard InChI is InChI=1S/C21H24BrNO5/c1-23(13-15-12-16(22)7-8-17(15)25-2)20(24)9-6-14-10-18(26-3)21(28-5)19(11-14)27-4/h6-12H,13H2,1-5H3/b9-6+. The zero-order chi connectivity index (χ0) is 20.7. The highest BCUT2D eigenvalue weighted by atomic mass is 79.9. The van der Waals surface area contributed by atoms with Crippen molar-refractivity contribution in [2.75, 3.05) is 35.5 Å². The Morgan fingerprint density at radius 3 is 2.11 bits per heavy atom. The van der Waals surface area contributed by atoms with Crippen molar-refractivity contribution in [3.8, 4) is 23.0 Å². The molecule has 1 amide bonds. The van der Waals surface area contributed by atoms with E-state index in [0.717, 1.165) is 21.3 Å². The van der Waals surface area contributed by atoms with E-state index in [1.165, 1.54) is 6.08 Å². The maximum absolute atomic E-state index is 12.5. The summed E-state index contributed by atoms with van der Waals surface area (Å²) >= 11 is 3.45. The van der Waals surface area contributed by atoms with Crippen LogP contribution in [0.15, 0.2) is 40.9 Å². The number of hydrogen-bond donors (Lipinski definition) is 0. The number of carbonyl (C=O) groups excluding carboxylic acids is 1. The molecule has 2 aromatic rings. The Balaban J connectivity index is 2.18. The predicted molar refractivity (Wildman–Crippen MR) is 112 cm³/mol. The third-order valence-electron chi connectivity index (χ3n) is 4.13. The summed E-state index contributed by atoms with van der Waals surface area (Å²) in [6.45, 7) is 0.418. The van der Waals surface area contributed by atoms with E-state index >= 15 is 0 Å². The molecule has 0 aliphatic carbocycles. The molecule has 0 atom stereocenters.